The SMILES string of the molecule is O=Cc1c(O)ccc2cc(-c3cccc(O)c3)ccc12. The van der Waals surface area contributed by atoms with Crippen molar-refractivity contribution in [3.8, 4) is 22.6 Å². The molecule has 20 heavy (non-hydrogen) atoms. The maximum absolute atomic E-state index is 11.0. The molecule has 0 aliphatic rings. The maximum atomic E-state index is 11.0. The molecule has 0 radical (unpaired) electrons. The second-order valence-electron chi connectivity index (χ2n) is 4.60. The number of phenols is 2. The topological polar surface area (TPSA) is 57.5 Å². The number of benzene rings is 3. The number of phenolic OH excluding ortho intramolecular Hbond substituents is 2. The summed E-state index contributed by atoms with van der Waals surface area (Å²) in [6, 6.07) is 15.9. The molecule has 0 aromatic heterocycles. The van der Waals surface area contributed by atoms with E-state index < -0.39 is 0 Å². The zero-order chi connectivity index (χ0) is 14.1. The average Bonchev–Trinajstić information content (AvgIpc) is 2.47. The Balaban J connectivity index is 2.22. The second-order valence-corrected chi connectivity index (χ2v) is 4.60. The number of aldehydes is 1. The molecule has 3 rings (SSSR count). The van der Waals surface area contributed by atoms with E-state index in [-0.39, 0.29) is 11.5 Å². The molecule has 0 aliphatic heterocycles. The van der Waals surface area contributed by atoms with Gasteiger partial charge >= 0.3 is 0 Å². The third-order valence-corrected chi connectivity index (χ3v) is 3.34. The molecule has 98 valence electrons. The lowest BCUT2D eigenvalue weighted by molar-refractivity contribution is 0.112. The van der Waals surface area contributed by atoms with Crippen molar-refractivity contribution < 1.29 is 15.0 Å². The van der Waals surface area contributed by atoms with E-state index in [4.69, 9.17) is 0 Å². The molecule has 0 saturated heterocycles. The molecule has 0 bridgehead atoms. The molecule has 2 N–H and O–H groups in total. The first-order valence-electron chi connectivity index (χ1n) is 6.19. The molecular weight excluding hydrogens is 252 g/mol. The quantitative estimate of drug-likeness (QED) is 0.693. The molecule has 3 aromatic carbocycles. The van der Waals surface area contributed by atoms with Crippen LogP contribution >= 0.6 is 0 Å². The highest BCUT2D eigenvalue weighted by Crippen LogP contribution is 2.30. The summed E-state index contributed by atoms with van der Waals surface area (Å²) < 4.78 is 0. The van der Waals surface area contributed by atoms with E-state index in [1.54, 1.807) is 30.3 Å². The number of hydrogen-bond acceptors (Lipinski definition) is 3. The van der Waals surface area contributed by atoms with Crippen molar-refractivity contribution in [2.24, 2.45) is 0 Å². The predicted octanol–water partition coefficient (Wildman–Crippen LogP) is 3.73. The summed E-state index contributed by atoms with van der Waals surface area (Å²) in [6.45, 7) is 0. The summed E-state index contributed by atoms with van der Waals surface area (Å²) in [5.74, 6) is 0.194. The minimum absolute atomic E-state index is 0.0161. The zero-order valence-corrected chi connectivity index (χ0v) is 10.6. The van der Waals surface area contributed by atoms with Gasteiger partial charge in [-0.25, -0.2) is 0 Å². The third kappa shape index (κ3) is 1.99. The zero-order valence-electron chi connectivity index (χ0n) is 10.6. The molecule has 0 saturated carbocycles. The molecule has 3 aromatic rings. The van der Waals surface area contributed by atoms with Gasteiger partial charge in [-0.05, 0) is 46.2 Å². The van der Waals surface area contributed by atoms with Crippen LogP contribution in [0.5, 0.6) is 11.5 Å². The lowest BCUT2D eigenvalue weighted by Crippen LogP contribution is -1.86. The van der Waals surface area contributed by atoms with Gasteiger partial charge in [0.2, 0.25) is 0 Å². The molecule has 0 unspecified atom stereocenters. The number of aromatic hydroxyl groups is 2. The number of hydrogen-bond donors (Lipinski definition) is 2. The minimum Gasteiger partial charge on any atom is -0.508 e. The van der Waals surface area contributed by atoms with Crippen LogP contribution < -0.4 is 0 Å². The number of carbonyl (C=O) groups excluding carboxylic acids is 1. The lowest BCUT2D eigenvalue weighted by Gasteiger charge is -2.07. The summed E-state index contributed by atoms with van der Waals surface area (Å²) in [5.41, 5.74) is 2.13. The van der Waals surface area contributed by atoms with Crippen molar-refractivity contribution in [3.63, 3.8) is 0 Å². The maximum Gasteiger partial charge on any atom is 0.154 e. The van der Waals surface area contributed by atoms with Gasteiger partial charge in [0, 0.05) is 0 Å². The first-order chi connectivity index (χ1) is 9.69. The van der Waals surface area contributed by atoms with Gasteiger partial charge in [-0.3, -0.25) is 4.79 Å². The number of carbonyl (C=O) groups is 1. The average molecular weight is 264 g/mol. The Morgan fingerprint density at radius 3 is 2.40 bits per heavy atom. The van der Waals surface area contributed by atoms with Crippen molar-refractivity contribution in [2.45, 2.75) is 0 Å². The first-order valence-corrected chi connectivity index (χ1v) is 6.19. The highest BCUT2D eigenvalue weighted by atomic mass is 16.3. The highest BCUT2D eigenvalue weighted by molar-refractivity contribution is 6.02. The predicted molar refractivity (Wildman–Crippen MR) is 78.1 cm³/mol. The summed E-state index contributed by atoms with van der Waals surface area (Å²) in [7, 11) is 0. The molecule has 3 heteroatoms. The number of fused-ring (bicyclic) bond motifs is 1. The van der Waals surface area contributed by atoms with Gasteiger partial charge in [-0.2, -0.15) is 0 Å². The van der Waals surface area contributed by atoms with Crippen LogP contribution in [-0.4, -0.2) is 16.5 Å². The summed E-state index contributed by atoms with van der Waals surface area (Å²) in [4.78, 5) is 11.0. The van der Waals surface area contributed by atoms with Crippen molar-refractivity contribution >= 4 is 17.1 Å². The van der Waals surface area contributed by atoms with E-state index in [9.17, 15) is 15.0 Å². The molecule has 0 atom stereocenters. The standard InChI is InChI=1S/C17H12O3/c18-10-16-15-6-4-12(8-13(15)5-7-17(16)20)11-2-1-3-14(19)9-11/h1-10,19-20H. The van der Waals surface area contributed by atoms with Crippen LogP contribution in [0.2, 0.25) is 0 Å². The van der Waals surface area contributed by atoms with Crippen molar-refractivity contribution in [2.75, 3.05) is 0 Å². The Morgan fingerprint density at radius 2 is 1.65 bits per heavy atom. The monoisotopic (exact) mass is 264 g/mol. The lowest BCUT2D eigenvalue weighted by atomic mass is 9.98. The van der Waals surface area contributed by atoms with Crippen molar-refractivity contribution in [1.82, 2.24) is 0 Å². The van der Waals surface area contributed by atoms with Gasteiger partial charge in [0.15, 0.2) is 6.29 Å². The second kappa shape index (κ2) is 4.70. The Labute approximate surface area is 115 Å². The van der Waals surface area contributed by atoms with Crippen LogP contribution in [0.25, 0.3) is 21.9 Å². The summed E-state index contributed by atoms with van der Waals surface area (Å²) >= 11 is 0. The van der Waals surface area contributed by atoms with Gasteiger partial charge in [-0.1, -0.05) is 30.3 Å². The van der Waals surface area contributed by atoms with Crippen LogP contribution in [-0.2, 0) is 0 Å². The van der Waals surface area contributed by atoms with E-state index >= 15 is 0 Å². The third-order valence-electron chi connectivity index (χ3n) is 3.34. The molecule has 3 nitrogen and oxygen atoms in total. The number of rotatable bonds is 2. The van der Waals surface area contributed by atoms with Gasteiger partial charge < -0.3 is 10.2 Å². The van der Waals surface area contributed by atoms with Gasteiger partial charge in [-0.15, -0.1) is 0 Å². The molecule has 0 amide bonds. The Kier molecular flexibility index (Phi) is 2.88. The van der Waals surface area contributed by atoms with Crippen LogP contribution in [0.15, 0.2) is 54.6 Å². The van der Waals surface area contributed by atoms with Crippen LogP contribution in [0, 0.1) is 0 Å². The Morgan fingerprint density at radius 1 is 0.850 bits per heavy atom. The fourth-order valence-corrected chi connectivity index (χ4v) is 2.33. The smallest absolute Gasteiger partial charge is 0.154 e. The van der Waals surface area contributed by atoms with Crippen LogP contribution in [0.3, 0.4) is 0 Å². The van der Waals surface area contributed by atoms with Gasteiger partial charge in [0.25, 0.3) is 0 Å². The van der Waals surface area contributed by atoms with Gasteiger partial charge in [0.1, 0.15) is 11.5 Å². The Bertz CT molecular complexity index is 806. The molecule has 0 spiro atoms. The molecule has 0 aliphatic carbocycles. The van der Waals surface area contributed by atoms with E-state index in [1.807, 2.05) is 18.2 Å². The van der Waals surface area contributed by atoms with Gasteiger partial charge in [0.05, 0.1) is 5.56 Å². The van der Waals surface area contributed by atoms with E-state index in [1.165, 1.54) is 6.07 Å². The van der Waals surface area contributed by atoms with Crippen LogP contribution in [0.1, 0.15) is 10.4 Å². The van der Waals surface area contributed by atoms with E-state index in [0.717, 1.165) is 16.5 Å². The van der Waals surface area contributed by atoms with Crippen molar-refractivity contribution in [3.05, 3.63) is 60.2 Å². The van der Waals surface area contributed by atoms with E-state index in [2.05, 4.69) is 0 Å². The van der Waals surface area contributed by atoms with E-state index in [0.29, 0.717) is 17.2 Å². The fourth-order valence-electron chi connectivity index (χ4n) is 2.33. The highest BCUT2D eigenvalue weighted by Gasteiger charge is 2.07. The molecule has 0 heterocycles. The Hall–Kier alpha value is -2.81. The molecule has 0 fully saturated rings. The molecular formula is C17H12O3. The van der Waals surface area contributed by atoms with Crippen molar-refractivity contribution in [1.29, 1.82) is 0 Å². The fraction of sp³-hybridized carbons (Fsp3) is 0. The first kappa shape index (κ1) is 12.2. The summed E-state index contributed by atoms with van der Waals surface area (Å²) in [6.07, 6.45) is 0.658. The minimum atomic E-state index is -0.0161. The normalized spacial score (nSPS) is 10.6. The van der Waals surface area contributed by atoms with Crippen LogP contribution in [0.4, 0.5) is 0 Å². The largest absolute Gasteiger partial charge is 0.508 e. The summed E-state index contributed by atoms with van der Waals surface area (Å²) in [5, 5.41) is 20.8.